The summed E-state index contributed by atoms with van der Waals surface area (Å²) in [6.45, 7) is 6.14. The zero-order chi connectivity index (χ0) is 20.5. The number of benzene rings is 2. The maximum atomic E-state index is 12.5. The van der Waals surface area contributed by atoms with E-state index in [1.54, 1.807) is 12.1 Å². The third-order valence-electron chi connectivity index (χ3n) is 4.22. The van der Waals surface area contributed by atoms with E-state index in [0.717, 1.165) is 11.1 Å². The van der Waals surface area contributed by atoms with E-state index in [-0.39, 0.29) is 17.7 Å². The summed E-state index contributed by atoms with van der Waals surface area (Å²) in [5, 5.41) is 6.11. The van der Waals surface area contributed by atoms with Gasteiger partial charge >= 0.3 is 0 Å². The van der Waals surface area contributed by atoms with Crippen LogP contribution < -0.4 is 21.5 Å². The molecule has 2 aromatic rings. The van der Waals surface area contributed by atoms with Crippen molar-refractivity contribution in [1.82, 2.24) is 21.5 Å². The number of thiocarbonyl (C=S) groups is 1. The van der Waals surface area contributed by atoms with Gasteiger partial charge in [0.2, 0.25) is 0 Å². The molecule has 4 N–H and O–H groups in total. The molecule has 2 amide bonds. The summed E-state index contributed by atoms with van der Waals surface area (Å²) in [5.41, 5.74) is 7.72. The Kier molecular flexibility index (Phi) is 7.95. The lowest BCUT2D eigenvalue weighted by atomic mass is 10.0. The van der Waals surface area contributed by atoms with Gasteiger partial charge in [0.15, 0.2) is 5.11 Å². The van der Waals surface area contributed by atoms with E-state index in [1.165, 1.54) is 0 Å². The molecule has 7 heteroatoms. The summed E-state index contributed by atoms with van der Waals surface area (Å²) < 4.78 is 0. The molecule has 0 spiro atoms. The molecule has 0 radical (unpaired) electrons. The van der Waals surface area contributed by atoms with Crippen molar-refractivity contribution >= 4 is 29.1 Å². The van der Waals surface area contributed by atoms with Crippen molar-refractivity contribution in [2.24, 2.45) is 5.92 Å². The minimum absolute atomic E-state index is 0.0967. The minimum Gasteiger partial charge on any atom is -0.357 e. The van der Waals surface area contributed by atoms with Crippen molar-refractivity contribution in [3.05, 3.63) is 71.3 Å². The highest BCUT2D eigenvalue weighted by molar-refractivity contribution is 7.80. The second kappa shape index (κ2) is 10.4. The van der Waals surface area contributed by atoms with Crippen LogP contribution in [0, 0.1) is 12.8 Å². The molecule has 0 heterocycles. The van der Waals surface area contributed by atoms with Gasteiger partial charge in [0.25, 0.3) is 11.8 Å². The van der Waals surface area contributed by atoms with Crippen LogP contribution in [-0.2, 0) is 11.3 Å². The van der Waals surface area contributed by atoms with Crippen molar-refractivity contribution in [3.8, 4) is 0 Å². The molecular weight excluding hydrogens is 372 g/mol. The Bertz CT molecular complexity index is 824. The Morgan fingerprint density at radius 1 is 0.964 bits per heavy atom. The first kappa shape index (κ1) is 21.4. The third kappa shape index (κ3) is 6.35. The molecule has 2 aromatic carbocycles. The Labute approximate surface area is 171 Å². The van der Waals surface area contributed by atoms with E-state index in [9.17, 15) is 9.59 Å². The van der Waals surface area contributed by atoms with Crippen molar-refractivity contribution in [2.75, 3.05) is 0 Å². The lowest BCUT2D eigenvalue weighted by molar-refractivity contribution is -0.124. The van der Waals surface area contributed by atoms with Gasteiger partial charge in [-0.05, 0) is 42.3 Å². The van der Waals surface area contributed by atoms with Crippen LogP contribution in [0.5, 0.6) is 0 Å². The van der Waals surface area contributed by atoms with Crippen molar-refractivity contribution in [2.45, 2.75) is 33.4 Å². The van der Waals surface area contributed by atoms with Gasteiger partial charge in [-0.1, -0.05) is 62.4 Å². The lowest BCUT2D eigenvalue weighted by Gasteiger charge is -2.22. The van der Waals surface area contributed by atoms with Gasteiger partial charge in [-0.25, -0.2) is 0 Å². The molecule has 1 atom stereocenters. The highest BCUT2D eigenvalue weighted by atomic mass is 32.1. The van der Waals surface area contributed by atoms with E-state index in [4.69, 9.17) is 12.2 Å². The van der Waals surface area contributed by atoms with E-state index < -0.39 is 6.04 Å². The summed E-state index contributed by atoms with van der Waals surface area (Å²) in [4.78, 5) is 25.1. The number of aryl methyl sites for hydroxylation is 1. The summed E-state index contributed by atoms with van der Waals surface area (Å²) in [6.07, 6.45) is 0. The number of hydrogen-bond donors (Lipinski definition) is 4. The molecule has 6 nitrogen and oxygen atoms in total. The number of amides is 2. The average molecular weight is 399 g/mol. The molecule has 0 aliphatic rings. The number of hydrazine groups is 1. The van der Waals surface area contributed by atoms with Gasteiger partial charge in [-0.3, -0.25) is 20.4 Å². The predicted octanol–water partition coefficient (Wildman–Crippen LogP) is 2.44. The van der Waals surface area contributed by atoms with Crippen LogP contribution in [-0.4, -0.2) is 23.0 Å². The highest BCUT2D eigenvalue weighted by Crippen LogP contribution is 2.09. The molecule has 0 bridgehead atoms. The van der Waals surface area contributed by atoms with Crippen LogP contribution in [0.15, 0.2) is 54.6 Å². The molecular formula is C21H26N4O2S. The predicted molar refractivity (Wildman–Crippen MR) is 114 cm³/mol. The topological polar surface area (TPSA) is 82.3 Å². The Morgan fingerprint density at radius 2 is 1.61 bits per heavy atom. The molecule has 28 heavy (non-hydrogen) atoms. The maximum Gasteiger partial charge on any atom is 0.261 e. The normalized spacial score (nSPS) is 11.4. The minimum atomic E-state index is -0.698. The molecule has 0 aliphatic heterocycles. The number of nitrogens with one attached hydrogen (secondary N) is 4. The smallest absolute Gasteiger partial charge is 0.261 e. The number of carbonyl (C=O) groups is 2. The fourth-order valence-corrected chi connectivity index (χ4v) is 2.72. The third-order valence-corrected chi connectivity index (χ3v) is 4.47. The Morgan fingerprint density at radius 3 is 2.25 bits per heavy atom. The molecule has 1 unspecified atom stereocenters. The van der Waals surface area contributed by atoms with E-state index in [2.05, 4.69) is 21.5 Å². The Balaban J connectivity index is 1.87. The Hall–Kier alpha value is -2.93. The first-order valence-electron chi connectivity index (χ1n) is 9.12. The van der Waals surface area contributed by atoms with Gasteiger partial charge in [-0.15, -0.1) is 0 Å². The van der Waals surface area contributed by atoms with E-state index >= 15 is 0 Å². The van der Waals surface area contributed by atoms with Crippen molar-refractivity contribution in [1.29, 1.82) is 0 Å². The van der Waals surface area contributed by atoms with Crippen molar-refractivity contribution in [3.63, 3.8) is 0 Å². The lowest BCUT2D eigenvalue weighted by Crippen LogP contribution is -2.55. The van der Waals surface area contributed by atoms with Crippen LogP contribution in [0.25, 0.3) is 0 Å². The zero-order valence-corrected chi connectivity index (χ0v) is 17.1. The zero-order valence-electron chi connectivity index (χ0n) is 16.3. The number of rotatable bonds is 6. The first-order valence-corrected chi connectivity index (χ1v) is 9.53. The van der Waals surface area contributed by atoms with Crippen LogP contribution in [0.1, 0.15) is 35.3 Å². The van der Waals surface area contributed by atoms with E-state index in [0.29, 0.717) is 17.2 Å². The van der Waals surface area contributed by atoms with E-state index in [1.807, 2.05) is 63.2 Å². The summed E-state index contributed by atoms with van der Waals surface area (Å²) in [5.74, 6) is -0.738. The molecule has 0 saturated carbocycles. The van der Waals surface area contributed by atoms with Gasteiger partial charge in [0.05, 0.1) is 0 Å². The van der Waals surface area contributed by atoms with Crippen LogP contribution in [0.4, 0.5) is 0 Å². The SMILES string of the molecule is Cc1ccccc1C(=O)NC(C(=O)NNC(=S)NCc1ccccc1)C(C)C. The highest BCUT2D eigenvalue weighted by Gasteiger charge is 2.25. The summed E-state index contributed by atoms with van der Waals surface area (Å²) in [6, 6.07) is 16.3. The fourth-order valence-electron chi connectivity index (χ4n) is 2.60. The molecule has 0 fully saturated rings. The summed E-state index contributed by atoms with van der Waals surface area (Å²) in [7, 11) is 0. The largest absolute Gasteiger partial charge is 0.357 e. The maximum absolute atomic E-state index is 12.5. The van der Waals surface area contributed by atoms with Gasteiger partial charge < -0.3 is 10.6 Å². The van der Waals surface area contributed by atoms with Gasteiger partial charge in [0.1, 0.15) is 6.04 Å². The summed E-state index contributed by atoms with van der Waals surface area (Å²) >= 11 is 5.18. The first-order chi connectivity index (χ1) is 13.4. The molecule has 0 aromatic heterocycles. The van der Waals surface area contributed by atoms with Crippen molar-refractivity contribution < 1.29 is 9.59 Å². The van der Waals surface area contributed by atoms with Crippen LogP contribution >= 0.6 is 12.2 Å². The second-order valence-electron chi connectivity index (χ2n) is 6.79. The van der Waals surface area contributed by atoms with Gasteiger partial charge in [0, 0.05) is 12.1 Å². The molecule has 0 aliphatic carbocycles. The molecule has 2 rings (SSSR count). The second-order valence-corrected chi connectivity index (χ2v) is 7.20. The number of carbonyl (C=O) groups excluding carboxylic acids is 2. The monoisotopic (exact) mass is 398 g/mol. The van der Waals surface area contributed by atoms with Crippen LogP contribution in [0.3, 0.4) is 0 Å². The number of hydrogen-bond acceptors (Lipinski definition) is 3. The quantitative estimate of drug-likeness (QED) is 0.444. The molecule has 0 saturated heterocycles. The average Bonchev–Trinajstić information content (AvgIpc) is 2.69. The van der Waals surface area contributed by atoms with Gasteiger partial charge in [-0.2, -0.15) is 0 Å². The molecule has 148 valence electrons. The standard InChI is InChI=1S/C21H26N4O2S/c1-14(2)18(23-19(26)17-12-8-7-9-15(17)3)20(27)24-25-21(28)22-13-16-10-5-4-6-11-16/h4-12,14,18H,13H2,1-3H3,(H,23,26)(H,24,27)(H2,22,25,28). The fraction of sp³-hybridized carbons (Fsp3) is 0.286. The van der Waals surface area contributed by atoms with Crippen LogP contribution in [0.2, 0.25) is 0 Å².